The molecule has 2 aromatic rings. The van der Waals surface area contributed by atoms with Crippen LogP contribution < -0.4 is 14.3 Å². The molecule has 2 aromatic carbocycles. The summed E-state index contributed by atoms with van der Waals surface area (Å²) in [6, 6.07) is 17.7. The van der Waals surface area contributed by atoms with Crippen LogP contribution in [0.5, 0.6) is 0 Å². The zero-order valence-corrected chi connectivity index (χ0v) is 18.5. The number of hydrogen-bond donors (Lipinski definition) is 3. The smallest absolute Gasteiger partial charge is 0.0896 e. The average molecular weight is 431 g/mol. The van der Waals surface area contributed by atoms with Crippen LogP contribution in [0.15, 0.2) is 54.6 Å². The molecule has 2 heterocycles. The van der Waals surface area contributed by atoms with Gasteiger partial charge in [0.25, 0.3) is 0 Å². The maximum absolute atomic E-state index is 11.3. The maximum atomic E-state index is 11.3. The van der Waals surface area contributed by atoms with Crippen molar-refractivity contribution in [2.24, 2.45) is 11.7 Å². The summed E-state index contributed by atoms with van der Waals surface area (Å²) in [6.07, 6.45) is 4.61. The standard InChI is InChI=1S/C23H34N4O2S/c1-2-3-11-21(24)19-14-15-25(18-19)16-17-26-22-12-7-8-13-23(22)27(30(26,28)29)20-9-5-4-6-10-20/h4-10,12-13,19,21,28-29H,2-3,11,14-18,24H2,1H3. The molecule has 0 aliphatic carbocycles. The van der Waals surface area contributed by atoms with Gasteiger partial charge in [0.1, 0.15) is 0 Å². The number of hydrogen-bond acceptors (Lipinski definition) is 6. The summed E-state index contributed by atoms with van der Waals surface area (Å²) in [5, 5.41) is 0. The van der Waals surface area contributed by atoms with Crippen molar-refractivity contribution < 1.29 is 9.11 Å². The number of nitrogens with zero attached hydrogens (tertiary/aromatic N) is 3. The van der Waals surface area contributed by atoms with Gasteiger partial charge in [-0.15, -0.1) is 0 Å². The summed E-state index contributed by atoms with van der Waals surface area (Å²) in [6.45, 7) is 5.60. The van der Waals surface area contributed by atoms with Crippen molar-refractivity contribution in [3.05, 3.63) is 54.6 Å². The molecule has 0 spiro atoms. The fourth-order valence-electron chi connectivity index (χ4n) is 4.62. The van der Waals surface area contributed by atoms with E-state index in [1.165, 1.54) is 12.8 Å². The van der Waals surface area contributed by atoms with Crippen LogP contribution in [0.25, 0.3) is 0 Å². The lowest BCUT2D eigenvalue weighted by atomic mass is 9.95. The molecule has 2 aliphatic rings. The lowest BCUT2D eigenvalue weighted by Gasteiger charge is -2.44. The fraction of sp³-hybridized carbons (Fsp3) is 0.478. The van der Waals surface area contributed by atoms with Gasteiger partial charge in [0.2, 0.25) is 0 Å². The third-order valence-corrected chi connectivity index (χ3v) is 8.19. The lowest BCUT2D eigenvalue weighted by Crippen LogP contribution is -2.38. The molecule has 0 amide bonds. The highest BCUT2D eigenvalue weighted by Gasteiger charge is 2.41. The molecule has 2 atom stereocenters. The van der Waals surface area contributed by atoms with Crippen molar-refractivity contribution in [2.45, 2.75) is 38.6 Å². The number of nitrogens with two attached hydrogens (primary N) is 1. The minimum Gasteiger partial charge on any atom is -0.327 e. The molecule has 0 aromatic heterocycles. The highest BCUT2D eigenvalue weighted by Crippen LogP contribution is 2.63. The number of rotatable bonds is 8. The summed E-state index contributed by atoms with van der Waals surface area (Å²) < 4.78 is 26.0. The minimum absolute atomic E-state index is 0.274. The topological polar surface area (TPSA) is 76.2 Å². The molecule has 0 bridgehead atoms. The van der Waals surface area contributed by atoms with Gasteiger partial charge in [-0.05, 0) is 60.5 Å². The van der Waals surface area contributed by atoms with Gasteiger partial charge >= 0.3 is 0 Å². The third-order valence-electron chi connectivity index (χ3n) is 6.33. The van der Waals surface area contributed by atoms with Crippen molar-refractivity contribution in [3.8, 4) is 0 Å². The Morgan fingerprint density at radius 2 is 1.73 bits per heavy atom. The van der Waals surface area contributed by atoms with Gasteiger partial charge in [-0.2, -0.15) is 0 Å². The Hall–Kier alpha value is -1.77. The second-order valence-corrected chi connectivity index (χ2v) is 10.2. The Labute approximate surface area is 181 Å². The van der Waals surface area contributed by atoms with E-state index in [1.807, 2.05) is 54.6 Å². The summed E-state index contributed by atoms with van der Waals surface area (Å²) in [7, 11) is -3.16. The highest BCUT2D eigenvalue weighted by molar-refractivity contribution is 8.27. The van der Waals surface area contributed by atoms with Crippen LogP contribution >= 0.6 is 11.0 Å². The van der Waals surface area contributed by atoms with Crippen LogP contribution in [0.2, 0.25) is 0 Å². The molecule has 164 valence electrons. The monoisotopic (exact) mass is 430 g/mol. The minimum atomic E-state index is -3.16. The first-order chi connectivity index (χ1) is 14.5. The molecule has 2 aliphatic heterocycles. The molecule has 6 nitrogen and oxygen atoms in total. The predicted octanol–water partition coefficient (Wildman–Crippen LogP) is 5.06. The van der Waals surface area contributed by atoms with E-state index in [-0.39, 0.29) is 6.04 Å². The first kappa shape index (κ1) is 21.5. The first-order valence-corrected chi connectivity index (χ1v) is 12.5. The first-order valence-electron chi connectivity index (χ1n) is 11.0. The zero-order valence-electron chi connectivity index (χ0n) is 17.7. The van der Waals surface area contributed by atoms with Gasteiger partial charge in [0.05, 0.1) is 23.6 Å². The van der Waals surface area contributed by atoms with Crippen LogP contribution in [0.1, 0.15) is 32.6 Å². The highest BCUT2D eigenvalue weighted by atomic mass is 32.3. The Bertz CT molecular complexity index is 835. The van der Waals surface area contributed by atoms with Crippen molar-refractivity contribution in [3.63, 3.8) is 0 Å². The van der Waals surface area contributed by atoms with Gasteiger partial charge in [0.15, 0.2) is 0 Å². The van der Waals surface area contributed by atoms with E-state index in [2.05, 4.69) is 11.8 Å². The average Bonchev–Trinajstić information content (AvgIpc) is 3.31. The Morgan fingerprint density at radius 1 is 1.03 bits per heavy atom. The molecule has 0 saturated carbocycles. The van der Waals surface area contributed by atoms with Gasteiger partial charge < -0.3 is 10.6 Å². The molecular weight excluding hydrogens is 396 g/mol. The molecule has 1 saturated heterocycles. The van der Waals surface area contributed by atoms with Crippen LogP contribution in [-0.4, -0.2) is 46.2 Å². The number of para-hydroxylation sites is 3. The van der Waals surface area contributed by atoms with Crippen LogP contribution in [0, 0.1) is 5.92 Å². The summed E-state index contributed by atoms with van der Waals surface area (Å²) in [5.41, 5.74) is 8.91. The molecule has 2 unspecified atom stereocenters. The summed E-state index contributed by atoms with van der Waals surface area (Å²) in [4.78, 5) is 2.42. The molecule has 30 heavy (non-hydrogen) atoms. The van der Waals surface area contributed by atoms with E-state index in [1.54, 1.807) is 8.61 Å². The van der Waals surface area contributed by atoms with Crippen LogP contribution in [0.4, 0.5) is 17.1 Å². The van der Waals surface area contributed by atoms with Crippen molar-refractivity contribution in [1.29, 1.82) is 0 Å². The van der Waals surface area contributed by atoms with Gasteiger partial charge in [-0.25, -0.2) is 4.31 Å². The van der Waals surface area contributed by atoms with Gasteiger partial charge in [-0.3, -0.25) is 13.4 Å². The lowest BCUT2D eigenvalue weighted by molar-refractivity contribution is 0.314. The van der Waals surface area contributed by atoms with E-state index in [0.29, 0.717) is 12.5 Å². The van der Waals surface area contributed by atoms with E-state index in [4.69, 9.17) is 5.73 Å². The zero-order chi connectivity index (χ0) is 21.1. The number of anilines is 3. The SMILES string of the molecule is CCCCC(N)C1CCN(CCN2c3ccccc3N(c3ccccc3)S2(O)O)C1. The van der Waals surface area contributed by atoms with Gasteiger partial charge in [0, 0.05) is 19.1 Å². The number of fused-ring (bicyclic) bond motifs is 1. The molecule has 4 rings (SSSR count). The van der Waals surface area contributed by atoms with E-state index in [9.17, 15) is 9.11 Å². The quantitative estimate of drug-likeness (QED) is 0.543. The van der Waals surface area contributed by atoms with Crippen LogP contribution in [0.3, 0.4) is 0 Å². The number of unbranched alkanes of at least 4 members (excludes halogenated alkanes) is 1. The Morgan fingerprint density at radius 3 is 2.47 bits per heavy atom. The molecule has 0 radical (unpaired) electrons. The van der Waals surface area contributed by atoms with E-state index in [0.717, 1.165) is 49.5 Å². The van der Waals surface area contributed by atoms with Gasteiger partial charge in [-0.1, -0.05) is 50.1 Å². The number of benzene rings is 2. The second-order valence-electron chi connectivity index (χ2n) is 8.37. The van der Waals surface area contributed by atoms with E-state index >= 15 is 0 Å². The fourth-order valence-corrected chi connectivity index (χ4v) is 6.38. The summed E-state index contributed by atoms with van der Waals surface area (Å²) >= 11 is 0. The third kappa shape index (κ3) is 4.18. The van der Waals surface area contributed by atoms with Crippen molar-refractivity contribution >= 4 is 28.0 Å². The van der Waals surface area contributed by atoms with Crippen molar-refractivity contribution in [1.82, 2.24) is 4.90 Å². The Balaban J connectivity index is 1.46. The summed E-state index contributed by atoms with van der Waals surface area (Å²) in [5.74, 6) is 0.545. The molecule has 1 fully saturated rings. The molecular formula is C23H34N4O2S. The second kappa shape index (κ2) is 9.16. The number of likely N-dealkylation sites (tertiary alicyclic amines) is 1. The molecule has 7 heteroatoms. The largest absolute Gasteiger partial charge is 0.327 e. The predicted molar refractivity (Wildman–Crippen MR) is 127 cm³/mol. The van der Waals surface area contributed by atoms with E-state index < -0.39 is 11.0 Å². The maximum Gasteiger partial charge on any atom is 0.0896 e. The Kier molecular flexibility index (Phi) is 6.55. The van der Waals surface area contributed by atoms with Crippen molar-refractivity contribution in [2.75, 3.05) is 34.8 Å². The molecule has 4 N–H and O–H groups in total. The normalized spacial score (nSPS) is 22.9. The van der Waals surface area contributed by atoms with Crippen LogP contribution in [-0.2, 0) is 0 Å².